The zero-order chi connectivity index (χ0) is 14.5. The molecule has 2 aromatic rings. The molecule has 106 valence electrons. The summed E-state index contributed by atoms with van der Waals surface area (Å²) in [5.74, 6) is 0. The molecule has 1 unspecified atom stereocenters. The number of hydrogen-bond donors (Lipinski definition) is 1. The molecule has 0 aliphatic heterocycles. The van der Waals surface area contributed by atoms with E-state index in [0.29, 0.717) is 0 Å². The Bertz CT molecular complexity index is 540. The highest BCUT2D eigenvalue weighted by Crippen LogP contribution is 2.19. The predicted molar refractivity (Wildman–Crippen MR) is 82.9 cm³/mol. The Balaban J connectivity index is 1.96. The third-order valence-corrected chi connectivity index (χ3v) is 3.80. The van der Waals surface area contributed by atoms with Crippen LogP contribution in [0.25, 0.3) is 0 Å². The quantitative estimate of drug-likeness (QED) is 0.900. The fourth-order valence-electron chi connectivity index (χ4n) is 2.75. The maximum absolute atomic E-state index is 10.3. The molecular weight excluding hydrogens is 246 g/mol. The fourth-order valence-corrected chi connectivity index (χ4v) is 2.75. The minimum Gasteiger partial charge on any atom is -0.393 e. The van der Waals surface area contributed by atoms with Gasteiger partial charge >= 0.3 is 0 Å². The Morgan fingerprint density at radius 2 is 1.65 bits per heavy atom. The molecule has 0 fully saturated rings. The third-order valence-electron chi connectivity index (χ3n) is 3.80. The van der Waals surface area contributed by atoms with Crippen molar-refractivity contribution in [2.75, 3.05) is 0 Å². The largest absolute Gasteiger partial charge is 0.393 e. The second-order valence-corrected chi connectivity index (χ2v) is 5.63. The van der Waals surface area contributed by atoms with Gasteiger partial charge in [-0.05, 0) is 74.4 Å². The highest BCUT2D eigenvalue weighted by molar-refractivity contribution is 5.37. The molecule has 0 saturated carbocycles. The molecule has 0 amide bonds. The maximum atomic E-state index is 10.3. The van der Waals surface area contributed by atoms with Gasteiger partial charge in [-0.3, -0.25) is 4.98 Å². The van der Waals surface area contributed by atoms with E-state index in [-0.39, 0.29) is 6.10 Å². The second kappa shape index (κ2) is 6.67. The number of aliphatic hydroxyl groups excluding tert-OH is 1. The number of pyridine rings is 1. The zero-order valence-corrected chi connectivity index (χ0v) is 12.6. The van der Waals surface area contributed by atoms with E-state index >= 15 is 0 Å². The van der Waals surface area contributed by atoms with E-state index in [1.165, 1.54) is 27.8 Å². The Morgan fingerprint density at radius 1 is 1.05 bits per heavy atom. The van der Waals surface area contributed by atoms with Gasteiger partial charge in [-0.1, -0.05) is 17.7 Å². The van der Waals surface area contributed by atoms with Crippen LogP contribution in [0.4, 0.5) is 0 Å². The van der Waals surface area contributed by atoms with Gasteiger partial charge in [0.2, 0.25) is 0 Å². The molecule has 0 saturated heterocycles. The van der Waals surface area contributed by atoms with Crippen molar-refractivity contribution in [1.82, 2.24) is 4.98 Å². The van der Waals surface area contributed by atoms with Crippen molar-refractivity contribution in [3.63, 3.8) is 0 Å². The van der Waals surface area contributed by atoms with Gasteiger partial charge in [0.05, 0.1) is 6.10 Å². The van der Waals surface area contributed by atoms with E-state index in [4.69, 9.17) is 0 Å². The minimum atomic E-state index is -0.289. The lowest BCUT2D eigenvalue weighted by Crippen LogP contribution is -2.13. The highest BCUT2D eigenvalue weighted by Gasteiger charge is 2.10. The first kappa shape index (κ1) is 14.7. The van der Waals surface area contributed by atoms with Gasteiger partial charge in [-0.25, -0.2) is 0 Å². The molecule has 1 aromatic carbocycles. The Hall–Kier alpha value is -1.67. The summed E-state index contributed by atoms with van der Waals surface area (Å²) in [5, 5.41) is 10.3. The van der Waals surface area contributed by atoms with Crippen LogP contribution in [0, 0.1) is 20.8 Å². The summed E-state index contributed by atoms with van der Waals surface area (Å²) in [5.41, 5.74) is 6.38. The number of rotatable bonds is 5. The molecule has 0 radical (unpaired) electrons. The molecule has 0 bridgehead atoms. The van der Waals surface area contributed by atoms with Crippen molar-refractivity contribution in [1.29, 1.82) is 0 Å². The highest BCUT2D eigenvalue weighted by atomic mass is 16.3. The molecule has 1 aromatic heterocycles. The van der Waals surface area contributed by atoms with Crippen molar-refractivity contribution >= 4 is 0 Å². The molecular formula is C18H23NO. The second-order valence-electron chi connectivity index (χ2n) is 5.63. The molecule has 20 heavy (non-hydrogen) atoms. The van der Waals surface area contributed by atoms with Crippen LogP contribution in [-0.4, -0.2) is 16.2 Å². The number of benzene rings is 1. The van der Waals surface area contributed by atoms with Gasteiger partial charge in [0.15, 0.2) is 0 Å². The Labute approximate surface area is 121 Å². The van der Waals surface area contributed by atoms with Crippen LogP contribution in [0.1, 0.15) is 34.2 Å². The standard InChI is InChI=1S/C18H23NO/c1-13-10-14(2)18(15(3)11-13)12-17(20)5-4-16-6-8-19-9-7-16/h6-11,17,20H,4-5,12H2,1-3H3. The lowest BCUT2D eigenvalue weighted by atomic mass is 9.93. The lowest BCUT2D eigenvalue weighted by molar-refractivity contribution is 0.165. The van der Waals surface area contributed by atoms with E-state index in [0.717, 1.165) is 19.3 Å². The summed E-state index contributed by atoms with van der Waals surface area (Å²) in [4.78, 5) is 4.01. The average Bonchev–Trinajstić information content (AvgIpc) is 2.42. The summed E-state index contributed by atoms with van der Waals surface area (Å²) < 4.78 is 0. The molecule has 2 nitrogen and oxygen atoms in total. The van der Waals surface area contributed by atoms with Gasteiger partial charge in [-0.15, -0.1) is 0 Å². The van der Waals surface area contributed by atoms with Gasteiger partial charge in [-0.2, -0.15) is 0 Å². The van der Waals surface area contributed by atoms with Gasteiger partial charge in [0, 0.05) is 12.4 Å². The van der Waals surface area contributed by atoms with E-state index in [1.54, 1.807) is 12.4 Å². The third kappa shape index (κ3) is 3.91. The van der Waals surface area contributed by atoms with Crippen LogP contribution in [0.2, 0.25) is 0 Å². The maximum Gasteiger partial charge on any atom is 0.0583 e. The molecule has 2 rings (SSSR count). The SMILES string of the molecule is Cc1cc(C)c(CC(O)CCc2ccncc2)c(C)c1. The van der Waals surface area contributed by atoms with Crippen LogP contribution >= 0.6 is 0 Å². The lowest BCUT2D eigenvalue weighted by Gasteiger charge is -2.15. The Morgan fingerprint density at radius 3 is 2.25 bits per heavy atom. The van der Waals surface area contributed by atoms with Gasteiger partial charge < -0.3 is 5.11 Å². The van der Waals surface area contributed by atoms with Crippen LogP contribution in [0.3, 0.4) is 0 Å². The molecule has 2 heteroatoms. The van der Waals surface area contributed by atoms with Gasteiger partial charge in [0.25, 0.3) is 0 Å². The molecule has 1 heterocycles. The van der Waals surface area contributed by atoms with Gasteiger partial charge in [0.1, 0.15) is 0 Å². The average molecular weight is 269 g/mol. The van der Waals surface area contributed by atoms with E-state index in [1.807, 2.05) is 12.1 Å². The number of hydrogen-bond acceptors (Lipinski definition) is 2. The summed E-state index contributed by atoms with van der Waals surface area (Å²) in [6.07, 6.45) is 5.74. The topological polar surface area (TPSA) is 33.1 Å². The summed E-state index contributed by atoms with van der Waals surface area (Å²) in [7, 11) is 0. The first-order valence-corrected chi connectivity index (χ1v) is 7.20. The first-order valence-electron chi connectivity index (χ1n) is 7.20. The number of aromatic nitrogens is 1. The van der Waals surface area contributed by atoms with Crippen molar-refractivity contribution in [2.45, 2.75) is 46.1 Å². The van der Waals surface area contributed by atoms with Crippen molar-refractivity contribution in [2.24, 2.45) is 0 Å². The number of aryl methyl sites for hydroxylation is 4. The zero-order valence-electron chi connectivity index (χ0n) is 12.6. The Kier molecular flexibility index (Phi) is 4.91. The van der Waals surface area contributed by atoms with Crippen LogP contribution < -0.4 is 0 Å². The normalized spacial score (nSPS) is 12.4. The van der Waals surface area contributed by atoms with E-state index in [9.17, 15) is 5.11 Å². The predicted octanol–water partition coefficient (Wildman–Crippen LogP) is 3.54. The summed E-state index contributed by atoms with van der Waals surface area (Å²) >= 11 is 0. The van der Waals surface area contributed by atoms with Crippen molar-refractivity contribution < 1.29 is 5.11 Å². The summed E-state index contributed by atoms with van der Waals surface area (Å²) in [6.45, 7) is 6.37. The molecule has 0 spiro atoms. The smallest absolute Gasteiger partial charge is 0.0583 e. The molecule has 0 aliphatic carbocycles. The van der Waals surface area contributed by atoms with Crippen molar-refractivity contribution in [3.8, 4) is 0 Å². The van der Waals surface area contributed by atoms with Crippen molar-refractivity contribution in [3.05, 3.63) is 64.5 Å². The molecule has 0 aliphatic rings. The molecule has 1 N–H and O–H groups in total. The van der Waals surface area contributed by atoms with E-state index in [2.05, 4.69) is 37.9 Å². The fraction of sp³-hybridized carbons (Fsp3) is 0.389. The molecule has 1 atom stereocenters. The van der Waals surface area contributed by atoms with E-state index < -0.39 is 0 Å². The monoisotopic (exact) mass is 269 g/mol. The number of aliphatic hydroxyl groups is 1. The number of nitrogens with zero attached hydrogens (tertiary/aromatic N) is 1. The first-order chi connectivity index (χ1) is 9.56. The minimum absolute atomic E-state index is 0.289. The van der Waals surface area contributed by atoms with Crippen LogP contribution in [0.15, 0.2) is 36.7 Å². The van der Waals surface area contributed by atoms with Crippen LogP contribution in [0.5, 0.6) is 0 Å². The van der Waals surface area contributed by atoms with Crippen LogP contribution in [-0.2, 0) is 12.8 Å². The summed E-state index contributed by atoms with van der Waals surface area (Å²) in [6, 6.07) is 8.40.